The van der Waals surface area contributed by atoms with Gasteiger partial charge in [0.15, 0.2) is 5.78 Å². The van der Waals surface area contributed by atoms with Crippen molar-refractivity contribution in [2.75, 3.05) is 0 Å². The predicted octanol–water partition coefficient (Wildman–Crippen LogP) is 2.02. The van der Waals surface area contributed by atoms with Crippen LogP contribution in [-0.4, -0.2) is 27.2 Å². The van der Waals surface area contributed by atoms with Gasteiger partial charge >= 0.3 is 0 Å². The van der Waals surface area contributed by atoms with Gasteiger partial charge in [0.05, 0.1) is 6.42 Å². The van der Waals surface area contributed by atoms with E-state index in [1.54, 1.807) is 30.3 Å². The third kappa shape index (κ3) is 2.06. The van der Waals surface area contributed by atoms with Crippen LogP contribution in [0, 0.1) is 0 Å². The second-order valence-corrected chi connectivity index (χ2v) is 4.08. The van der Waals surface area contributed by atoms with Gasteiger partial charge in [-0.3, -0.25) is 9.59 Å². The van der Waals surface area contributed by atoms with E-state index in [0.717, 1.165) is 0 Å². The summed E-state index contributed by atoms with van der Waals surface area (Å²) in [5.41, 5.74) is 1.05. The van der Waals surface area contributed by atoms with Crippen LogP contribution in [0.2, 0.25) is 0 Å². The highest BCUT2D eigenvalue weighted by atomic mass is 16.1. The van der Waals surface area contributed by atoms with Crippen LogP contribution in [0.25, 0.3) is 0 Å². The smallest absolute Gasteiger partial charge is 0.249 e. The Kier molecular flexibility index (Phi) is 2.72. The fourth-order valence-corrected chi connectivity index (χ4v) is 1.97. The number of ketones is 2. The third-order valence-corrected chi connectivity index (χ3v) is 2.85. The lowest BCUT2D eigenvalue weighted by Crippen LogP contribution is -2.26. The Morgan fingerprint density at radius 3 is 2.37 bits per heavy atom. The molecule has 0 unspecified atom stereocenters. The maximum atomic E-state index is 12.2. The molecule has 0 aliphatic heterocycles. The molecule has 5 nitrogen and oxygen atoms in total. The highest BCUT2D eigenvalue weighted by Crippen LogP contribution is 2.20. The van der Waals surface area contributed by atoms with Crippen LogP contribution in [0.1, 0.15) is 27.1 Å². The van der Waals surface area contributed by atoms with Crippen molar-refractivity contribution in [3.8, 4) is 0 Å². The Labute approximate surface area is 109 Å². The van der Waals surface area contributed by atoms with E-state index in [2.05, 4.69) is 15.0 Å². The number of carbonyl (C=O) groups excluding carboxylic acids is 2. The van der Waals surface area contributed by atoms with E-state index in [1.807, 2.05) is 0 Å². The molecular formula is C14H9N3O2. The van der Waals surface area contributed by atoms with Crippen molar-refractivity contribution in [3.05, 3.63) is 53.9 Å². The average Bonchev–Trinajstić information content (AvgIpc) is 2.46. The lowest BCUT2D eigenvalue weighted by molar-refractivity contribution is 0.0965. The molecule has 0 saturated heterocycles. The van der Waals surface area contributed by atoms with E-state index < -0.39 is 0 Å². The van der Waals surface area contributed by atoms with Crippen molar-refractivity contribution in [1.82, 2.24) is 9.97 Å². The molecule has 0 saturated carbocycles. The number of aliphatic imine (C=N–C) groups is 1. The van der Waals surface area contributed by atoms with Crippen LogP contribution in [0.4, 0.5) is 5.95 Å². The zero-order chi connectivity index (χ0) is 13.2. The molecule has 5 heteroatoms. The molecule has 1 heterocycles. The van der Waals surface area contributed by atoms with Gasteiger partial charge in [-0.15, -0.1) is 0 Å². The van der Waals surface area contributed by atoms with Gasteiger partial charge in [0, 0.05) is 23.5 Å². The number of rotatable bonds is 1. The Balaban J connectivity index is 2.06. The van der Waals surface area contributed by atoms with Crippen molar-refractivity contribution in [1.29, 1.82) is 0 Å². The minimum atomic E-state index is -0.234. The number of hydrogen-bond acceptors (Lipinski definition) is 5. The van der Waals surface area contributed by atoms with E-state index in [4.69, 9.17) is 0 Å². The number of nitrogens with zero attached hydrogens (tertiary/aromatic N) is 3. The minimum Gasteiger partial charge on any atom is -0.294 e. The Morgan fingerprint density at radius 1 is 0.947 bits per heavy atom. The summed E-state index contributed by atoms with van der Waals surface area (Å²) in [6.45, 7) is 0. The minimum absolute atomic E-state index is 0.00585. The van der Waals surface area contributed by atoms with Crippen LogP contribution >= 0.6 is 0 Å². The standard InChI is InChI=1S/C14H9N3O2/c18-12-8-11(17-14-15-6-3-7-16-14)13(19)10-5-2-1-4-9(10)12/h1-7H,8H2. The number of benzene rings is 1. The molecule has 1 aliphatic carbocycles. The highest BCUT2D eigenvalue weighted by Gasteiger charge is 2.28. The molecule has 92 valence electrons. The molecule has 19 heavy (non-hydrogen) atoms. The van der Waals surface area contributed by atoms with Gasteiger partial charge in [-0.05, 0) is 6.07 Å². The summed E-state index contributed by atoms with van der Waals surface area (Å²) < 4.78 is 0. The summed E-state index contributed by atoms with van der Waals surface area (Å²) in [5, 5.41) is 0. The fraction of sp³-hybridized carbons (Fsp3) is 0.0714. The zero-order valence-electron chi connectivity index (χ0n) is 9.91. The second kappa shape index (κ2) is 4.53. The molecular weight excluding hydrogens is 242 g/mol. The molecule has 0 bridgehead atoms. The first kappa shape index (κ1) is 11.4. The van der Waals surface area contributed by atoms with E-state index >= 15 is 0 Å². The first-order valence-electron chi connectivity index (χ1n) is 5.77. The molecule has 0 amide bonds. The molecule has 0 N–H and O–H groups in total. The van der Waals surface area contributed by atoms with Gasteiger partial charge in [0.1, 0.15) is 5.71 Å². The molecule has 3 rings (SSSR count). The van der Waals surface area contributed by atoms with Gasteiger partial charge in [0.25, 0.3) is 0 Å². The topological polar surface area (TPSA) is 72.3 Å². The van der Waals surface area contributed by atoms with Crippen LogP contribution < -0.4 is 0 Å². The van der Waals surface area contributed by atoms with Gasteiger partial charge in [-0.25, -0.2) is 15.0 Å². The lowest BCUT2D eigenvalue weighted by atomic mass is 9.88. The van der Waals surface area contributed by atoms with Crippen molar-refractivity contribution in [3.63, 3.8) is 0 Å². The maximum absolute atomic E-state index is 12.2. The molecule has 1 aromatic heterocycles. The van der Waals surface area contributed by atoms with E-state index in [9.17, 15) is 9.59 Å². The van der Waals surface area contributed by atoms with Gasteiger partial charge in [-0.2, -0.15) is 0 Å². The summed E-state index contributed by atoms with van der Waals surface area (Å²) in [7, 11) is 0. The van der Waals surface area contributed by atoms with Crippen LogP contribution in [0.3, 0.4) is 0 Å². The quantitative estimate of drug-likeness (QED) is 0.777. The number of hydrogen-bond donors (Lipinski definition) is 0. The van der Waals surface area contributed by atoms with Crippen LogP contribution in [0.15, 0.2) is 47.7 Å². The Hall–Kier alpha value is -2.69. The first-order valence-corrected chi connectivity index (χ1v) is 5.77. The normalized spacial score (nSPS) is 16.5. The number of Topliss-reactive ketones (excluding diaryl/α,β-unsaturated/α-hetero) is 2. The van der Waals surface area contributed by atoms with Gasteiger partial charge in [-0.1, -0.05) is 24.3 Å². The molecule has 0 spiro atoms. The van der Waals surface area contributed by atoms with E-state index in [1.165, 1.54) is 12.4 Å². The predicted molar refractivity (Wildman–Crippen MR) is 68.8 cm³/mol. The number of aromatic nitrogens is 2. The summed E-state index contributed by atoms with van der Waals surface area (Å²) in [4.78, 5) is 36.1. The SMILES string of the molecule is O=C1CC(=Nc2ncccn2)C(=O)c2ccccc21. The molecule has 0 fully saturated rings. The Morgan fingerprint density at radius 2 is 1.63 bits per heavy atom. The monoisotopic (exact) mass is 251 g/mol. The summed E-state index contributed by atoms with van der Waals surface area (Å²) in [6.07, 6.45) is 3.07. The Bertz CT molecular complexity index is 693. The summed E-state index contributed by atoms with van der Waals surface area (Å²) in [5.74, 6) is -0.148. The van der Waals surface area contributed by atoms with E-state index in [-0.39, 0.29) is 29.6 Å². The molecule has 2 aromatic rings. The average molecular weight is 251 g/mol. The largest absolute Gasteiger partial charge is 0.294 e. The van der Waals surface area contributed by atoms with Crippen LogP contribution in [0.5, 0.6) is 0 Å². The third-order valence-electron chi connectivity index (χ3n) is 2.85. The van der Waals surface area contributed by atoms with Gasteiger partial charge < -0.3 is 0 Å². The van der Waals surface area contributed by atoms with Crippen molar-refractivity contribution in [2.24, 2.45) is 4.99 Å². The molecule has 1 aliphatic rings. The molecule has 0 atom stereocenters. The van der Waals surface area contributed by atoms with Gasteiger partial charge in [0.2, 0.25) is 11.7 Å². The highest BCUT2D eigenvalue weighted by molar-refractivity contribution is 6.52. The van der Waals surface area contributed by atoms with E-state index in [0.29, 0.717) is 11.1 Å². The number of carbonyl (C=O) groups is 2. The van der Waals surface area contributed by atoms with Crippen molar-refractivity contribution in [2.45, 2.75) is 6.42 Å². The maximum Gasteiger partial charge on any atom is 0.249 e. The van der Waals surface area contributed by atoms with Crippen molar-refractivity contribution < 1.29 is 9.59 Å². The second-order valence-electron chi connectivity index (χ2n) is 4.08. The lowest BCUT2D eigenvalue weighted by Gasteiger charge is -2.14. The molecule has 1 aromatic carbocycles. The molecule has 0 radical (unpaired) electrons. The number of fused-ring (bicyclic) bond motifs is 1. The van der Waals surface area contributed by atoms with Crippen LogP contribution in [-0.2, 0) is 0 Å². The summed E-state index contributed by atoms with van der Waals surface area (Å²) in [6, 6.07) is 8.42. The zero-order valence-corrected chi connectivity index (χ0v) is 9.91. The van der Waals surface area contributed by atoms with Crippen molar-refractivity contribution >= 4 is 23.2 Å². The fourth-order valence-electron chi connectivity index (χ4n) is 1.97. The summed E-state index contributed by atoms with van der Waals surface area (Å²) >= 11 is 0. The first-order chi connectivity index (χ1) is 9.25.